The smallest absolute Gasteiger partial charge is 0.410 e. The van der Waals surface area contributed by atoms with Gasteiger partial charge in [-0.25, -0.2) is 4.79 Å². The second kappa shape index (κ2) is 4.17. The van der Waals surface area contributed by atoms with Gasteiger partial charge in [0.05, 0.1) is 19.3 Å². The fourth-order valence-corrected chi connectivity index (χ4v) is 1.31. The summed E-state index contributed by atoms with van der Waals surface area (Å²) in [5.74, 6) is 0. The molecule has 1 amide bonds. The summed E-state index contributed by atoms with van der Waals surface area (Å²) in [6.07, 6.45) is -0.135. The van der Waals surface area contributed by atoms with E-state index in [2.05, 4.69) is 0 Å². The molecule has 0 N–H and O–H groups in total. The van der Waals surface area contributed by atoms with E-state index in [-0.39, 0.29) is 12.2 Å². The van der Waals surface area contributed by atoms with E-state index in [0.717, 1.165) is 0 Å². The summed E-state index contributed by atoms with van der Waals surface area (Å²) in [5, 5.41) is 0. The van der Waals surface area contributed by atoms with Crippen molar-refractivity contribution in [3.8, 4) is 0 Å². The van der Waals surface area contributed by atoms with E-state index in [0.29, 0.717) is 19.7 Å². The maximum Gasteiger partial charge on any atom is 0.410 e. The minimum absolute atomic E-state index is 0.108. The molecule has 0 aromatic heterocycles. The molecule has 0 spiro atoms. The van der Waals surface area contributed by atoms with Gasteiger partial charge in [-0.15, -0.1) is 0 Å². The molecule has 1 heterocycles. The van der Waals surface area contributed by atoms with Crippen LogP contribution in [0.15, 0.2) is 0 Å². The molecule has 4 nitrogen and oxygen atoms in total. The minimum atomic E-state index is -0.418. The van der Waals surface area contributed by atoms with Crippen molar-refractivity contribution in [1.29, 1.82) is 0 Å². The zero-order valence-corrected chi connectivity index (χ0v) is 9.37. The van der Waals surface area contributed by atoms with Gasteiger partial charge in [-0.1, -0.05) is 0 Å². The molecular formula is C10H19NO3. The van der Waals surface area contributed by atoms with Crippen LogP contribution in [0.3, 0.4) is 0 Å². The van der Waals surface area contributed by atoms with Crippen LogP contribution in [0.4, 0.5) is 4.79 Å². The number of carbonyl (C=O) groups excluding carboxylic acids is 1. The Morgan fingerprint density at radius 1 is 1.50 bits per heavy atom. The number of nitrogens with zero attached hydrogens (tertiary/aromatic N) is 1. The first-order valence-corrected chi connectivity index (χ1v) is 4.98. The molecule has 0 unspecified atom stereocenters. The number of hydrogen-bond acceptors (Lipinski definition) is 3. The van der Waals surface area contributed by atoms with Gasteiger partial charge < -0.3 is 14.4 Å². The van der Waals surface area contributed by atoms with Crippen molar-refractivity contribution < 1.29 is 14.3 Å². The molecule has 1 aliphatic rings. The lowest BCUT2D eigenvalue weighted by molar-refractivity contribution is -0.0353. The Hall–Kier alpha value is -0.770. The second-order valence-corrected chi connectivity index (χ2v) is 4.61. The Kier molecular flexibility index (Phi) is 3.37. The van der Waals surface area contributed by atoms with Crippen LogP contribution < -0.4 is 0 Å². The molecule has 0 radical (unpaired) electrons. The quantitative estimate of drug-likeness (QED) is 0.598. The van der Waals surface area contributed by atoms with Gasteiger partial charge in [0, 0.05) is 6.54 Å². The van der Waals surface area contributed by atoms with Crippen molar-refractivity contribution in [2.45, 2.75) is 39.4 Å². The Labute approximate surface area is 85.2 Å². The zero-order chi connectivity index (χ0) is 10.8. The van der Waals surface area contributed by atoms with Crippen molar-refractivity contribution in [2.24, 2.45) is 0 Å². The van der Waals surface area contributed by atoms with Crippen molar-refractivity contribution in [3.63, 3.8) is 0 Å². The number of hydrogen-bond donors (Lipinski definition) is 0. The van der Waals surface area contributed by atoms with Gasteiger partial charge in [0.25, 0.3) is 0 Å². The highest BCUT2D eigenvalue weighted by atomic mass is 16.6. The fourth-order valence-electron chi connectivity index (χ4n) is 1.31. The van der Waals surface area contributed by atoms with Gasteiger partial charge in [-0.3, -0.25) is 0 Å². The fraction of sp³-hybridized carbons (Fsp3) is 0.900. The average molecular weight is 201 g/mol. The summed E-state index contributed by atoms with van der Waals surface area (Å²) in [7, 11) is 0. The highest BCUT2D eigenvalue weighted by Gasteiger charge is 2.25. The van der Waals surface area contributed by atoms with Crippen molar-refractivity contribution in [2.75, 3.05) is 19.7 Å². The standard InChI is InChI=1S/C10H19NO3/c1-8-7-11(5-6-13-8)9(12)14-10(2,3)4/h8H,5-7H2,1-4H3/t8-/m1/s1. The van der Waals surface area contributed by atoms with Crippen molar-refractivity contribution in [3.05, 3.63) is 0 Å². The van der Waals surface area contributed by atoms with E-state index >= 15 is 0 Å². The number of rotatable bonds is 0. The van der Waals surface area contributed by atoms with Gasteiger partial charge >= 0.3 is 6.09 Å². The summed E-state index contributed by atoms with van der Waals surface area (Å²) in [5.41, 5.74) is -0.418. The molecule has 1 aliphatic heterocycles. The van der Waals surface area contributed by atoms with Gasteiger partial charge in [-0.2, -0.15) is 0 Å². The van der Waals surface area contributed by atoms with Crippen LogP contribution in [0.5, 0.6) is 0 Å². The van der Waals surface area contributed by atoms with Crippen LogP contribution in [-0.2, 0) is 9.47 Å². The first kappa shape index (κ1) is 11.3. The third-order valence-electron chi connectivity index (χ3n) is 1.89. The summed E-state index contributed by atoms with van der Waals surface area (Å²) in [4.78, 5) is 13.3. The number of amides is 1. The molecule has 1 atom stereocenters. The van der Waals surface area contributed by atoms with Gasteiger partial charge in [0.15, 0.2) is 0 Å². The molecule has 0 aromatic rings. The maximum atomic E-state index is 11.6. The normalized spacial score (nSPS) is 23.4. The lowest BCUT2D eigenvalue weighted by Crippen LogP contribution is -2.46. The molecule has 0 saturated carbocycles. The van der Waals surface area contributed by atoms with Gasteiger partial charge in [0.1, 0.15) is 5.60 Å². The topological polar surface area (TPSA) is 38.8 Å². The highest BCUT2D eigenvalue weighted by molar-refractivity contribution is 5.68. The Bertz CT molecular complexity index is 210. The molecule has 0 aliphatic carbocycles. The average Bonchev–Trinajstić information content (AvgIpc) is 2.01. The molecule has 1 saturated heterocycles. The monoisotopic (exact) mass is 201 g/mol. The molecule has 14 heavy (non-hydrogen) atoms. The molecule has 82 valence electrons. The second-order valence-electron chi connectivity index (χ2n) is 4.61. The molecule has 0 aromatic carbocycles. The van der Waals surface area contributed by atoms with E-state index < -0.39 is 5.60 Å². The van der Waals surface area contributed by atoms with Crippen LogP contribution in [0.2, 0.25) is 0 Å². The summed E-state index contributed by atoms with van der Waals surface area (Å²) >= 11 is 0. The number of carbonyl (C=O) groups is 1. The van der Waals surface area contributed by atoms with E-state index in [1.54, 1.807) is 4.90 Å². The first-order valence-electron chi connectivity index (χ1n) is 4.98. The third-order valence-corrected chi connectivity index (χ3v) is 1.89. The molecule has 4 heteroatoms. The third kappa shape index (κ3) is 3.54. The van der Waals surface area contributed by atoms with Crippen LogP contribution in [-0.4, -0.2) is 42.4 Å². The molecule has 0 bridgehead atoms. The highest BCUT2D eigenvalue weighted by Crippen LogP contribution is 2.12. The Morgan fingerprint density at radius 2 is 2.14 bits per heavy atom. The van der Waals surface area contributed by atoms with E-state index in [9.17, 15) is 4.79 Å². The van der Waals surface area contributed by atoms with Crippen molar-refractivity contribution in [1.82, 2.24) is 4.90 Å². The predicted octanol–water partition coefficient (Wildman–Crippen LogP) is 1.64. The summed E-state index contributed by atoms with van der Waals surface area (Å²) < 4.78 is 10.6. The summed E-state index contributed by atoms with van der Waals surface area (Å²) in [6, 6.07) is 0. The van der Waals surface area contributed by atoms with Crippen molar-refractivity contribution >= 4 is 6.09 Å². The Morgan fingerprint density at radius 3 is 2.64 bits per heavy atom. The van der Waals surface area contributed by atoms with E-state index in [1.165, 1.54) is 0 Å². The molecule has 1 rings (SSSR count). The van der Waals surface area contributed by atoms with Crippen LogP contribution in [0.1, 0.15) is 27.7 Å². The lowest BCUT2D eigenvalue weighted by atomic mass is 10.2. The minimum Gasteiger partial charge on any atom is -0.444 e. The summed E-state index contributed by atoms with van der Waals surface area (Å²) in [6.45, 7) is 9.41. The predicted molar refractivity (Wildman–Crippen MR) is 53.2 cm³/mol. The maximum absolute atomic E-state index is 11.6. The number of ether oxygens (including phenoxy) is 2. The van der Waals surface area contributed by atoms with Crippen LogP contribution in [0.25, 0.3) is 0 Å². The van der Waals surface area contributed by atoms with E-state index in [4.69, 9.17) is 9.47 Å². The Balaban J connectivity index is 2.44. The molecule has 1 fully saturated rings. The SMILES string of the molecule is C[C@@H]1CN(C(=O)OC(C)(C)C)CCO1. The first-order chi connectivity index (χ1) is 6.38. The van der Waals surface area contributed by atoms with Crippen LogP contribution in [0, 0.1) is 0 Å². The largest absolute Gasteiger partial charge is 0.444 e. The lowest BCUT2D eigenvalue weighted by Gasteiger charge is -2.32. The van der Waals surface area contributed by atoms with Crippen LogP contribution >= 0.6 is 0 Å². The van der Waals surface area contributed by atoms with E-state index in [1.807, 2.05) is 27.7 Å². The van der Waals surface area contributed by atoms with Gasteiger partial charge in [-0.05, 0) is 27.7 Å². The van der Waals surface area contributed by atoms with Gasteiger partial charge in [0.2, 0.25) is 0 Å². The molecular weight excluding hydrogens is 182 g/mol. The zero-order valence-electron chi connectivity index (χ0n) is 9.37. The number of morpholine rings is 1.